The standard InChI is InChI=1S/C13H18F3N3O/c1-4-19(3)12(20)8(2)18-11-6-5-9(17)7-10(11)13(14,15)16/h5-8,18H,4,17H2,1-3H3. The molecule has 1 amide bonds. The van der Waals surface area contributed by atoms with Crippen LogP contribution in [0.1, 0.15) is 19.4 Å². The van der Waals surface area contributed by atoms with Crippen molar-refractivity contribution in [2.24, 2.45) is 0 Å². The Bertz CT molecular complexity index is 488. The number of nitrogens with zero attached hydrogens (tertiary/aromatic N) is 1. The van der Waals surface area contributed by atoms with Crippen molar-refractivity contribution in [1.29, 1.82) is 0 Å². The van der Waals surface area contributed by atoms with Crippen molar-refractivity contribution in [3.63, 3.8) is 0 Å². The number of likely N-dealkylation sites (N-methyl/N-ethyl adjacent to an activating group) is 1. The first-order chi connectivity index (χ1) is 9.16. The number of rotatable bonds is 4. The lowest BCUT2D eigenvalue weighted by molar-refractivity contribution is -0.137. The molecule has 0 radical (unpaired) electrons. The Kier molecular flexibility index (Phi) is 4.86. The van der Waals surface area contributed by atoms with Gasteiger partial charge in [0, 0.05) is 25.0 Å². The Morgan fingerprint density at radius 3 is 2.55 bits per heavy atom. The van der Waals surface area contributed by atoms with Crippen molar-refractivity contribution in [2.45, 2.75) is 26.1 Å². The van der Waals surface area contributed by atoms with Gasteiger partial charge in [-0.3, -0.25) is 4.79 Å². The summed E-state index contributed by atoms with van der Waals surface area (Å²) < 4.78 is 38.7. The Morgan fingerprint density at radius 1 is 1.45 bits per heavy atom. The molecule has 3 N–H and O–H groups in total. The molecule has 1 aromatic carbocycles. The molecule has 0 saturated heterocycles. The van der Waals surface area contributed by atoms with Gasteiger partial charge in [0.25, 0.3) is 0 Å². The number of halogens is 3. The smallest absolute Gasteiger partial charge is 0.399 e. The Labute approximate surface area is 115 Å². The van der Waals surface area contributed by atoms with E-state index in [4.69, 9.17) is 5.73 Å². The molecular weight excluding hydrogens is 271 g/mol. The molecule has 20 heavy (non-hydrogen) atoms. The maximum Gasteiger partial charge on any atom is 0.418 e. The Morgan fingerprint density at radius 2 is 2.05 bits per heavy atom. The third-order valence-corrected chi connectivity index (χ3v) is 2.94. The second kappa shape index (κ2) is 6.02. The molecule has 1 atom stereocenters. The molecule has 1 rings (SSSR count). The molecule has 0 aliphatic carbocycles. The first kappa shape index (κ1) is 16.1. The van der Waals surface area contributed by atoms with Gasteiger partial charge in [0.15, 0.2) is 0 Å². The summed E-state index contributed by atoms with van der Waals surface area (Å²) in [6.07, 6.45) is -4.53. The predicted molar refractivity (Wildman–Crippen MR) is 72.3 cm³/mol. The fourth-order valence-corrected chi connectivity index (χ4v) is 1.70. The molecule has 0 heterocycles. The molecule has 4 nitrogen and oxygen atoms in total. The van der Waals surface area contributed by atoms with Crippen molar-refractivity contribution in [1.82, 2.24) is 4.90 Å². The number of hydrogen-bond donors (Lipinski definition) is 2. The summed E-state index contributed by atoms with van der Waals surface area (Å²) in [6.45, 7) is 3.79. The maximum absolute atomic E-state index is 12.9. The van der Waals surface area contributed by atoms with Crippen molar-refractivity contribution in [2.75, 3.05) is 24.6 Å². The van der Waals surface area contributed by atoms with Crippen LogP contribution in [0.3, 0.4) is 0 Å². The summed E-state index contributed by atoms with van der Waals surface area (Å²) in [7, 11) is 1.59. The van der Waals surface area contributed by atoms with Gasteiger partial charge < -0.3 is 16.0 Å². The van der Waals surface area contributed by atoms with E-state index in [0.717, 1.165) is 6.07 Å². The number of nitrogen functional groups attached to an aromatic ring is 1. The lowest BCUT2D eigenvalue weighted by Crippen LogP contribution is -2.39. The van der Waals surface area contributed by atoms with Gasteiger partial charge in [-0.2, -0.15) is 13.2 Å². The van der Waals surface area contributed by atoms with Gasteiger partial charge in [-0.25, -0.2) is 0 Å². The van der Waals surface area contributed by atoms with Gasteiger partial charge in [-0.05, 0) is 32.0 Å². The number of benzene rings is 1. The topological polar surface area (TPSA) is 58.4 Å². The molecule has 0 aliphatic rings. The van der Waals surface area contributed by atoms with E-state index in [0.29, 0.717) is 6.54 Å². The number of amides is 1. The van der Waals surface area contributed by atoms with E-state index in [1.807, 2.05) is 0 Å². The second-order valence-electron chi connectivity index (χ2n) is 4.52. The maximum atomic E-state index is 12.9. The van der Waals surface area contributed by atoms with E-state index in [2.05, 4.69) is 5.32 Å². The average molecular weight is 289 g/mol. The molecule has 112 valence electrons. The Balaban J connectivity index is 3.01. The molecule has 7 heteroatoms. The summed E-state index contributed by atoms with van der Waals surface area (Å²) in [6, 6.07) is 2.68. The number of carbonyl (C=O) groups excluding carboxylic acids is 1. The SMILES string of the molecule is CCN(C)C(=O)C(C)Nc1ccc(N)cc1C(F)(F)F. The van der Waals surface area contributed by atoms with Gasteiger partial charge in [0.05, 0.1) is 5.56 Å². The zero-order chi connectivity index (χ0) is 15.5. The van der Waals surface area contributed by atoms with Crippen LogP contribution in [0.5, 0.6) is 0 Å². The summed E-state index contributed by atoms with van der Waals surface area (Å²) in [5, 5.41) is 2.59. The zero-order valence-corrected chi connectivity index (χ0v) is 11.6. The summed E-state index contributed by atoms with van der Waals surface area (Å²) in [4.78, 5) is 13.3. The highest BCUT2D eigenvalue weighted by Crippen LogP contribution is 2.36. The molecule has 0 aliphatic heterocycles. The van der Waals surface area contributed by atoms with Gasteiger partial charge in [0.2, 0.25) is 5.91 Å². The van der Waals surface area contributed by atoms with Crippen LogP contribution in [0.2, 0.25) is 0 Å². The van der Waals surface area contributed by atoms with Crippen LogP contribution in [0.15, 0.2) is 18.2 Å². The van der Waals surface area contributed by atoms with E-state index < -0.39 is 17.8 Å². The summed E-state index contributed by atoms with van der Waals surface area (Å²) in [5.74, 6) is -0.280. The van der Waals surface area contributed by atoms with Crippen molar-refractivity contribution < 1.29 is 18.0 Å². The molecule has 0 spiro atoms. The minimum absolute atomic E-state index is 0.0209. The van der Waals surface area contributed by atoms with Crippen molar-refractivity contribution >= 4 is 17.3 Å². The van der Waals surface area contributed by atoms with Crippen LogP contribution in [0, 0.1) is 0 Å². The van der Waals surface area contributed by atoms with Gasteiger partial charge >= 0.3 is 6.18 Å². The third kappa shape index (κ3) is 3.79. The Hall–Kier alpha value is -1.92. The quantitative estimate of drug-likeness (QED) is 0.838. The van der Waals surface area contributed by atoms with Crippen LogP contribution in [-0.2, 0) is 11.0 Å². The van der Waals surface area contributed by atoms with Crippen LogP contribution in [-0.4, -0.2) is 30.4 Å². The fraction of sp³-hybridized carbons (Fsp3) is 0.462. The molecule has 1 aromatic rings. The highest BCUT2D eigenvalue weighted by Gasteiger charge is 2.34. The molecule has 0 aromatic heterocycles. The van der Waals surface area contributed by atoms with E-state index in [1.165, 1.54) is 24.0 Å². The number of carbonyl (C=O) groups is 1. The zero-order valence-electron chi connectivity index (χ0n) is 11.6. The van der Waals surface area contributed by atoms with Crippen LogP contribution < -0.4 is 11.1 Å². The first-order valence-electron chi connectivity index (χ1n) is 6.15. The monoisotopic (exact) mass is 289 g/mol. The normalized spacial score (nSPS) is 12.9. The number of anilines is 2. The van der Waals surface area contributed by atoms with Crippen molar-refractivity contribution in [3.8, 4) is 0 Å². The molecule has 0 fully saturated rings. The van der Waals surface area contributed by atoms with E-state index in [-0.39, 0.29) is 17.3 Å². The second-order valence-corrected chi connectivity index (χ2v) is 4.52. The van der Waals surface area contributed by atoms with Crippen molar-refractivity contribution in [3.05, 3.63) is 23.8 Å². The van der Waals surface area contributed by atoms with Crippen LogP contribution >= 0.6 is 0 Å². The molecule has 1 unspecified atom stereocenters. The fourth-order valence-electron chi connectivity index (χ4n) is 1.70. The minimum atomic E-state index is -4.53. The predicted octanol–water partition coefficient (Wildman–Crippen LogP) is 2.57. The minimum Gasteiger partial charge on any atom is -0.399 e. The highest BCUT2D eigenvalue weighted by atomic mass is 19.4. The molecule has 0 bridgehead atoms. The van der Waals surface area contributed by atoms with Gasteiger partial charge in [-0.1, -0.05) is 0 Å². The number of nitrogens with two attached hydrogens (primary N) is 1. The number of hydrogen-bond acceptors (Lipinski definition) is 3. The molecule has 0 saturated carbocycles. The lowest BCUT2D eigenvalue weighted by Gasteiger charge is -2.23. The van der Waals surface area contributed by atoms with E-state index in [1.54, 1.807) is 14.0 Å². The third-order valence-electron chi connectivity index (χ3n) is 2.94. The van der Waals surface area contributed by atoms with Gasteiger partial charge in [-0.15, -0.1) is 0 Å². The lowest BCUT2D eigenvalue weighted by atomic mass is 10.1. The highest BCUT2D eigenvalue weighted by molar-refractivity contribution is 5.84. The van der Waals surface area contributed by atoms with Crippen LogP contribution in [0.4, 0.5) is 24.5 Å². The van der Waals surface area contributed by atoms with Gasteiger partial charge in [0.1, 0.15) is 6.04 Å². The number of nitrogens with one attached hydrogen (secondary N) is 1. The first-order valence-corrected chi connectivity index (χ1v) is 6.15. The molecular formula is C13H18F3N3O. The van der Waals surface area contributed by atoms with E-state index >= 15 is 0 Å². The van der Waals surface area contributed by atoms with E-state index in [9.17, 15) is 18.0 Å². The largest absolute Gasteiger partial charge is 0.418 e. The summed E-state index contributed by atoms with van der Waals surface area (Å²) in [5.41, 5.74) is 4.37. The average Bonchev–Trinajstić information content (AvgIpc) is 2.37. The number of alkyl halides is 3. The summed E-state index contributed by atoms with van der Waals surface area (Å²) >= 11 is 0. The van der Waals surface area contributed by atoms with Crippen LogP contribution in [0.25, 0.3) is 0 Å².